The molecule has 0 amide bonds. The molecule has 0 saturated carbocycles. The van der Waals surface area contributed by atoms with E-state index in [2.05, 4.69) is 92.9 Å². The highest BCUT2D eigenvalue weighted by molar-refractivity contribution is 5.87. The van der Waals surface area contributed by atoms with Crippen LogP contribution in [-0.2, 0) is 12.8 Å². The Morgan fingerprint density at radius 2 is 1.41 bits per heavy atom. The predicted molar refractivity (Wildman–Crippen MR) is 124 cm³/mol. The molecular formula is C27H30N2. The van der Waals surface area contributed by atoms with Crippen molar-refractivity contribution in [2.45, 2.75) is 40.5 Å². The van der Waals surface area contributed by atoms with E-state index in [1.807, 2.05) is 12.3 Å². The Morgan fingerprint density at radius 1 is 0.759 bits per heavy atom. The van der Waals surface area contributed by atoms with Crippen molar-refractivity contribution < 1.29 is 0 Å². The Balaban J connectivity index is 2.06. The van der Waals surface area contributed by atoms with Crippen molar-refractivity contribution in [1.82, 2.24) is 9.55 Å². The molecule has 2 aromatic heterocycles. The third kappa shape index (κ3) is 3.98. The zero-order valence-corrected chi connectivity index (χ0v) is 17.9. The molecule has 29 heavy (non-hydrogen) atoms. The first kappa shape index (κ1) is 19.4. The lowest BCUT2D eigenvalue weighted by molar-refractivity contribution is 0.632. The van der Waals surface area contributed by atoms with Crippen LogP contribution >= 0.6 is 0 Å². The first-order valence-corrected chi connectivity index (χ1v) is 10.7. The average Bonchev–Trinajstić information content (AvgIpc) is 3.07. The Morgan fingerprint density at radius 3 is 2.03 bits per heavy atom. The molecule has 2 heteroatoms. The fourth-order valence-corrected chi connectivity index (χ4v) is 4.22. The van der Waals surface area contributed by atoms with Gasteiger partial charge in [-0.1, -0.05) is 76.2 Å². The van der Waals surface area contributed by atoms with E-state index in [4.69, 9.17) is 4.98 Å². The number of hydrogen-bond acceptors (Lipinski definition) is 1. The Labute approximate surface area is 174 Å². The lowest BCUT2D eigenvalue weighted by atomic mass is 9.94. The number of para-hydroxylation sites is 1. The topological polar surface area (TPSA) is 17.8 Å². The summed E-state index contributed by atoms with van der Waals surface area (Å²) in [6.07, 6.45) is 4.02. The van der Waals surface area contributed by atoms with Gasteiger partial charge in [-0.25, -0.2) is 4.98 Å². The summed E-state index contributed by atoms with van der Waals surface area (Å²) in [6, 6.07) is 24.0. The molecule has 0 aliphatic rings. The molecular weight excluding hydrogens is 352 g/mol. The SMILES string of the molecule is CC(C)Cc1cccc(CC(C)C)c1-n1c(-c2ccccc2)cc2cccnc21. The predicted octanol–water partition coefficient (Wildman–Crippen LogP) is 7.09. The van der Waals surface area contributed by atoms with E-state index in [0.29, 0.717) is 11.8 Å². The quantitative estimate of drug-likeness (QED) is 0.348. The lowest BCUT2D eigenvalue weighted by Gasteiger charge is -2.21. The molecule has 2 aromatic carbocycles. The van der Waals surface area contributed by atoms with Crippen molar-refractivity contribution >= 4 is 11.0 Å². The summed E-state index contributed by atoms with van der Waals surface area (Å²) in [5.41, 5.74) is 7.59. The largest absolute Gasteiger partial charge is 0.293 e. The van der Waals surface area contributed by atoms with E-state index >= 15 is 0 Å². The summed E-state index contributed by atoms with van der Waals surface area (Å²) in [6.45, 7) is 9.18. The zero-order chi connectivity index (χ0) is 20.4. The van der Waals surface area contributed by atoms with Gasteiger partial charge in [0.25, 0.3) is 0 Å². The number of pyridine rings is 1. The fourth-order valence-electron chi connectivity index (χ4n) is 4.22. The standard InChI is InChI=1S/C27H30N2/c1-19(2)16-22-12-8-13-23(17-20(3)4)26(22)29-25(21-10-6-5-7-11-21)18-24-14-9-15-28-27(24)29/h5-15,18-20H,16-17H2,1-4H3. The van der Waals surface area contributed by atoms with Crippen LogP contribution in [0.25, 0.3) is 28.0 Å². The van der Waals surface area contributed by atoms with Crippen LogP contribution in [0.15, 0.2) is 72.9 Å². The summed E-state index contributed by atoms with van der Waals surface area (Å²) in [5.74, 6) is 1.19. The van der Waals surface area contributed by atoms with Gasteiger partial charge in [0.15, 0.2) is 0 Å². The van der Waals surface area contributed by atoms with Crippen LogP contribution in [-0.4, -0.2) is 9.55 Å². The molecule has 0 unspecified atom stereocenters. The van der Waals surface area contributed by atoms with Gasteiger partial charge in [0.05, 0.1) is 11.4 Å². The van der Waals surface area contributed by atoms with E-state index in [-0.39, 0.29) is 0 Å². The first-order valence-electron chi connectivity index (χ1n) is 10.7. The number of aromatic nitrogens is 2. The monoisotopic (exact) mass is 382 g/mol. The van der Waals surface area contributed by atoms with Gasteiger partial charge in [-0.15, -0.1) is 0 Å². The van der Waals surface area contributed by atoms with Gasteiger partial charge in [-0.3, -0.25) is 4.57 Å². The highest BCUT2D eigenvalue weighted by Gasteiger charge is 2.19. The molecule has 0 atom stereocenters. The smallest absolute Gasteiger partial charge is 0.144 e. The summed E-state index contributed by atoms with van der Waals surface area (Å²) < 4.78 is 2.40. The van der Waals surface area contributed by atoms with Gasteiger partial charge in [0.2, 0.25) is 0 Å². The minimum atomic E-state index is 0.595. The highest BCUT2D eigenvalue weighted by atomic mass is 15.1. The maximum atomic E-state index is 4.81. The average molecular weight is 383 g/mol. The van der Waals surface area contributed by atoms with Crippen molar-refractivity contribution in [3.05, 3.63) is 84.1 Å². The fraction of sp³-hybridized carbons (Fsp3) is 0.296. The van der Waals surface area contributed by atoms with Crippen LogP contribution in [0.2, 0.25) is 0 Å². The Kier molecular flexibility index (Phi) is 5.53. The van der Waals surface area contributed by atoms with E-state index in [0.717, 1.165) is 18.5 Å². The molecule has 4 aromatic rings. The van der Waals surface area contributed by atoms with E-state index in [1.165, 1.54) is 33.5 Å². The second-order valence-corrected chi connectivity index (χ2v) is 8.77. The van der Waals surface area contributed by atoms with Crippen LogP contribution in [0.3, 0.4) is 0 Å². The Bertz CT molecular complexity index is 1080. The summed E-state index contributed by atoms with van der Waals surface area (Å²) in [7, 11) is 0. The molecule has 0 aliphatic carbocycles. The van der Waals surface area contributed by atoms with Crippen LogP contribution in [0.1, 0.15) is 38.8 Å². The summed E-state index contributed by atoms with van der Waals surface area (Å²) in [5, 5.41) is 1.18. The van der Waals surface area contributed by atoms with E-state index in [1.54, 1.807) is 0 Å². The molecule has 4 rings (SSSR count). The third-order valence-corrected chi connectivity index (χ3v) is 5.31. The van der Waals surface area contributed by atoms with Crippen molar-refractivity contribution in [2.24, 2.45) is 11.8 Å². The van der Waals surface area contributed by atoms with Gasteiger partial charge in [0, 0.05) is 11.6 Å². The number of benzene rings is 2. The second-order valence-electron chi connectivity index (χ2n) is 8.77. The van der Waals surface area contributed by atoms with Crippen molar-refractivity contribution in [3.63, 3.8) is 0 Å². The van der Waals surface area contributed by atoms with Crippen LogP contribution in [0.5, 0.6) is 0 Å². The maximum Gasteiger partial charge on any atom is 0.144 e. The van der Waals surface area contributed by atoms with E-state index < -0.39 is 0 Å². The van der Waals surface area contributed by atoms with Gasteiger partial charge >= 0.3 is 0 Å². The summed E-state index contributed by atoms with van der Waals surface area (Å²) >= 11 is 0. The van der Waals surface area contributed by atoms with E-state index in [9.17, 15) is 0 Å². The number of rotatable bonds is 6. The molecule has 2 heterocycles. The third-order valence-electron chi connectivity index (χ3n) is 5.31. The molecule has 2 nitrogen and oxygen atoms in total. The van der Waals surface area contributed by atoms with Crippen LogP contribution in [0.4, 0.5) is 0 Å². The Hall–Kier alpha value is -2.87. The molecule has 148 valence electrons. The lowest BCUT2D eigenvalue weighted by Crippen LogP contribution is -2.10. The minimum Gasteiger partial charge on any atom is -0.293 e. The van der Waals surface area contributed by atoms with Crippen molar-refractivity contribution in [2.75, 3.05) is 0 Å². The van der Waals surface area contributed by atoms with Gasteiger partial charge < -0.3 is 0 Å². The minimum absolute atomic E-state index is 0.595. The number of fused-ring (bicyclic) bond motifs is 1. The highest BCUT2D eigenvalue weighted by Crippen LogP contribution is 2.35. The van der Waals surface area contributed by atoms with Gasteiger partial charge in [-0.05, 0) is 59.6 Å². The maximum absolute atomic E-state index is 4.81. The second kappa shape index (κ2) is 8.24. The normalized spacial score (nSPS) is 11.7. The van der Waals surface area contributed by atoms with Crippen molar-refractivity contribution in [3.8, 4) is 16.9 Å². The molecule has 0 spiro atoms. The number of hydrogen-bond donors (Lipinski definition) is 0. The molecule has 0 fully saturated rings. The van der Waals surface area contributed by atoms with Crippen molar-refractivity contribution in [1.29, 1.82) is 0 Å². The molecule has 0 N–H and O–H groups in total. The van der Waals surface area contributed by atoms with Gasteiger partial charge in [-0.2, -0.15) is 0 Å². The van der Waals surface area contributed by atoms with Gasteiger partial charge in [0.1, 0.15) is 5.65 Å². The first-order chi connectivity index (χ1) is 14.0. The molecule has 0 radical (unpaired) electrons. The van der Waals surface area contributed by atoms with Crippen LogP contribution in [0, 0.1) is 11.8 Å². The molecule has 0 bridgehead atoms. The summed E-state index contributed by atoms with van der Waals surface area (Å²) in [4.78, 5) is 4.81. The molecule has 0 saturated heterocycles. The van der Waals surface area contributed by atoms with Crippen LogP contribution < -0.4 is 0 Å². The number of nitrogens with zero attached hydrogens (tertiary/aromatic N) is 2. The molecule has 0 aliphatic heterocycles. The zero-order valence-electron chi connectivity index (χ0n) is 17.9.